The third kappa shape index (κ3) is 5.48. The maximum Gasteiger partial charge on any atom is 0.309 e. The zero-order valence-corrected chi connectivity index (χ0v) is 19.1. The predicted molar refractivity (Wildman–Crippen MR) is 119 cm³/mol. The SMILES string of the molecule is CCOC(=O)C1CCN(C(=O)C2CCCN(Cc3nc(-c4cccc(Cl)c4)no3)C2)CC1. The fraction of sp³-hybridized carbons (Fsp3) is 0.565. The lowest BCUT2D eigenvalue weighted by Crippen LogP contribution is -2.47. The van der Waals surface area contributed by atoms with E-state index in [0.717, 1.165) is 24.9 Å². The number of likely N-dealkylation sites (tertiary alicyclic amines) is 2. The number of carbonyl (C=O) groups excluding carboxylic acids is 2. The van der Waals surface area contributed by atoms with Gasteiger partial charge in [-0.25, -0.2) is 0 Å². The summed E-state index contributed by atoms with van der Waals surface area (Å²) < 4.78 is 10.6. The van der Waals surface area contributed by atoms with Gasteiger partial charge >= 0.3 is 5.97 Å². The number of benzene rings is 1. The van der Waals surface area contributed by atoms with Crippen LogP contribution in [0.15, 0.2) is 28.8 Å². The molecule has 9 heteroatoms. The van der Waals surface area contributed by atoms with Gasteiger partial charge in [-0.05, 0) is 51.3 Å². The second-order valence-electron chi connectivity index (χ2n) is 8.45. The third-order valence-electron chi connectivity index (χ3n) is 6.19. The van der Waals surface area contributed by atoms with Crippen LogP contribution in [0.4, 0.5) is 0 Å². The Hall–Kier alpha value is -2.45. The highest BCUT2D eigenvalue weighted by Crippen LogP contribution is 2.25. The summed E-state index contributed by atoms with van der Waals surface area (Å²) in [5.74, 6) is 0.952. The van der Waals surface area contributed by atoms with Gasteiger partial charge in [-0.15, -0.1) is 0 Å². The van der Waals surface area contributed by atoms with Gasteiger partial charge in [0, 0.05) is 30.2 Å². The Morgan fingerprint density at radius 1 is 1.19 bits per heavy atom. The molecule has 0 spiro atoms. The van der Waals surface area contributed by atoms with Crippen LogP contribution < -0.4 is 0 Å². The van der Waals surface area contributed by atoms with E-state index in [-0.39, 0.29) is 23.7 Å². The Morgan fingerprint density at radius 2 is 2.00 bits per heavy atom. The lowest BCUT2D eigenvalue weighted by molar-refractivity contribution is -0.152. The number of ether oxygens (including phenoxy) is 1. The molecule has 0 saturated carbocycles. The summed E-state index contributed by atoms with van der Waals surface area (Å²) in [7, 11) is 0. The second kappa shape index (κ2) is 10.4. The average molecular weight is 461 g/mol. The molecule has 0 radical (unpaired) electrons. The van der Waals surface area contributed by atoms with E-state index in [4.69, 9.17) is 20.9 Å². The smallest absolute Gasteiger partial charge is 0.309 e. The second-order valence-corrected chi connectivity index (χ2v) is 8.88. The fourth-order valence-electron chi connectivity index (χ4n) is 4.51. The molecule has 4 rings (SSSR count). The highest BCUT2D eigenvalue weighted by atomic mass is 35.5. The molecule has 0 aliphatic carbocycles. The van der Waals surface area contributed by atoms with Crippen LogP contribution in [-0.2, 0) is 20.9 Å². The quantitative estimate of drug-likeness (QED) is 0.610. The summed E-state index contributed by atoms with van der Waals surface area (Å²) in [5.41, 5.74) is 0.811. The van der Waals surface area contributed by atoms with E-state index in [1.807, 2.05) is 24.0 Å². The number of hydrogen-bond donors (Lipinski definition) is 0. The summed E-state index contributed by atoms with van der Waals surface area (Å²) in [6.45, 7) is 5.53. The maximum atomic E-state index is 13.1. The van der Waals surface area contributed by atoms with Crippen molar-refractivity contribution in [3.8, 4) is 11.4 Å². The number of piperidine rings is 2. The first kappa shape index (κ1) is 22.7. The number of aromatic nitrogens is 2. The van der Waals surface area contributed by atoms with Crippen molar-refractivity contribution in [2.24, 2.45) is 11.8 Å². The number of amides is 1. The van der Waals surface area contributed by atoms with Crippen LogP contribution >= 0.6 is 11.6 Å². The summed E-state index contributed by atoms with van der Waals surface area (Å²) in [6.07, 6.45) is 3.18. The van der Waals surface area contributed by atoms with Gasteiger partial charge in [-0.2, -0.15) is 4.98 Å². The Morgan fingerprint density at radius 3 is 2.75 bits per heavy atom. The number of hydrogen-bond acceptors (Lipinski definition) is 7. The molecular formula is C23H29ClN4O4. The van der Waals surface area contributed by atoms with Crippen molar-refractivity contribution in [1.82, 2.24) is 19.9 Å². The van der Waals surface area contributed by atoms with Gasteiger partial charge in [0.05, 0.1) is 25.0 Å². The monoisotopic (exact) mass is 460 g/mol. The van der Waals surface area contributed by atoms with Crippen LogP contribution in [-0.4, -0.2) is 64.6 Å². The molecule has 2 aromatic rings. The first-order valence-corrected chi connectivity index (χ1v) is 11.7. The summed E-state index contributed by atoms with van der Waals surface area (Å²) in [5, 5.41) is 4.69. The van der Waals surface area contributed by atoms with E-state index in [9.17, 15) is 9.59 Å². The van der Waals surface area contributed by atoms with Crippen molar-refractivity contribution in [3.63, 3.8) is 0 Å². The molecule has 2 fully saturated rings. The van der Waals surface area contributed by atoms with Crippen molar-refractivity contribution in [3.05, 3.63) is 35.2 Å². The molecule has 1 amide bonds. The van der Waals surface area contributed by atoms with Gasteiger partial charge in [0.15, 0.2) is 0 Å². The molecule has 0 bridgehead atoms. The van der Waals surface area contributed by atoms with Crippen LogP contribution in [0, 0.1) is 11.8 Å². The van der Waals surface area contributed by atoms with Crippen molar-refractivity contribution in [2.75, 3.05) is 32.8 Å². The van der Waals surface area contributed by atoms with Gasteiger partial charge in [0.2, 0.25) is 17.6 Å². The van der Waals surface area contributed by atoms with Gasteiger partial charge in [0.25, 0.3) is 0 Å². The zero-order chi connectivity index (χ0) is 22.5. The van der Waals surface area contributed by atoms with Gasteiger partial charge < -0.3 is 14.2 Å². The first-order valence-electron chi connectivity index (χ1n) is 11.3. The lowest BCUT2D eigenvalue weighted by atomic mass is 9.93. The molecule has 0 N–H and O–H groups in total. The van der Waals surface area contributed by atoms with Crippen LogP contribution in [0.5, 0.6) is 0 Å². The van der Waals surface area contributed by atoms with Gasteiger partial charge in [0.1, 0.15) is 0 Å². The minimum absolute atomic E-state index is 0.0433. The highest BCUT2D eigenvalue weighted by molar-refractivity contribution is 6.30. The summed E-state index contributed by atoms with van der Waals surface area (Å²) in [6, 6.07) is 7.35. The third-order valence-corrected chi connectivity index (χ3v) is 6.43. The van der Waals surface area contributed by atoms with E-state index in [0.29, 0.717) is 62.4 Å². The maximum absolute atomic E-state index is 13.1. The van der Waals surface area contributed by atoms with Crippen molar-refractivity contribution in [2.45, 2.75) is 39.2 Å². The molecule has 2 aliphatic rings. The molecule has 1 unspecified atom stereocenters. The van der Waals surface area contributed by atoms with Crippen LogP contribution in [0.1, 0.15) is 38.5 Å². The number of rotatable bonds is 6. The molecule has 1 aromatic heterocycles. The summed E-state index contributed by atoms with van der Waals surface area (Å²) in [4.78, 5) is 33.6. The molecule has 3 heterocycles. The number of halogens is 1. The predicted octanol–water partition coefficient (Wildman–Crippen LogP) is 3.40. The Bertz CT molecular complexity index is 942. The van der Waals surface area contributed by atoms with E-state index in [2.05, 4.69) is 15.0 Å². The molecule has 2 saturated heterocycles. The van der Waals surface area contributed by atoms with Crippen molar-refractivity contribution < 1.29 is 18.8 Å². The molecule has 8 nitrogen and oxygen atoms in total. The van der Waals surface area contributed by atoms with Gasteiger partial charge in [-0.1, -0.05) is 28.9 Å². The molecule has 172 valence electrons. The van der Waals surface area contributed by atoms with Crippen LogP contribution in [0.2, 0.25) is 5.02 Å². The van der Waals surface area contributed by atoms with Gasteiger partial charge in [-0.3, -0.25) is 14.5 Å². The van der Waals surface area contributed by atoms with E-state index in [1.165, 1.54) is 0 Å². The van der Waals surface area contributed by atoms with Crippen LogP contribution in [0.3, 0.4) is 0 Å². The summed E-state index contributed by atoms with van der Waals surface area (Å²) >= 11 is 6.05. The molecule has 1 aromatic carbocycles. The molecule has 1 atom stereocenters. The fourth-order valence-corrected chi connectivity index (χ4v) is 4.70. The van der Waals surface area contributed by atoms with Crippen molar-refractivity contribution >= 4 is 23.5 Å². The number of esters is 1. The highest BCUT2D eigenvalue weighted by Gasteiger charge is 2.33. The van der Waals surface area contributed by atoms with E-state index in [1.54, 1.807) is 12.1 Å². The number of nitrogens with zero attached hydrogens (tertiary/aromatic N) is 4. The molecular weight excluding hydrogens is 432 g/mol. The zero-order valence-electron chi connectivity index (χ0n) is 18.3. The van der Waals surface area contributed by atoms with Crippen molar-refractivity contribution in [1.29, 1.82) is 0 Å². The lowest BCUT2D eigenvalue weighted by Gasteiger charge is -2.37. The Labute approximate surface area is 192 Å². The Kier molecular flexibility index (Phi) is 7.42. The average Bonchev–Trinajstić information content (AvgIpc) is 3.27. The number of carbonyl (C=O) groups is 2. The minimum Gasteiger partial charge on any atom is -0.466 e. The Balaban J connectivity index is 1.30. The van der Waals surface area contributed by atoms with E-state index >= 15 is 0 Å². The first-order chi connectivity index (χ1) is 15.5. The van der Waals surface area contributed by atoms with E-state index < -0.39 is 0 Å². The standard InChI is InChI=1S/C23H29ClN4O4/c1-2-31-23(30)16-8-11-28(12-9-16)22(29)18-6-4-10-27(14-18)15-20-25-21(26-32-20)17-5-3-7-19(24)13-17/h3,5,7,13,16,18H,2,4,6,8-12,14-15H2,1H3. The topological polar surface area (TPSA) is 88.8 Å². The molecule has 32 heavy (non-hydrogen) atoms. The minimum atomic E-state index is -0.139. The molecule has 2 aliphatic heterocycles. The largest absolute Gasteiger partial charge is 0.466 e. The normalized spacial score (nSPS) is 20.3. The van der Waals surface area contributed by atoms with Crippen LogP contribution in [0.25, 0.3) is 11.4 Å².